The van der Waals surface area contributed by atoms with E-state index in [1.807, 2.05) is 37.3 Å². The topological polar surface area (TPSA) is 78.9 Å². The highest BCUT2D eigenvalue weighted by atomic mass is 16.5. The summed E-state index contributed by atoms with van der Waals surface area (Å²) in [5, 5.41) is 13.2. The Balaban J connectivity index is 1.63. The number of aliphatic hydroxyl groups excluding tert-OH is 1. The van der Waals surface area contributed by atoms with Crippen molar-refractivity contribution in [1.29, 1.82) is 0 Å². The van der Waals surface area contributed by atoms with Crippen LogP contribution in [0.5, 0.6) is 5.75 Å². The van der Waals surface area contributed by atoms with Crippen LogP contribution in [-0.2, 0) is 15.7 Å². The zero-order chi connectivity index (χ0) is 22.1. The SMILES string of the molecule is Cc1cc(C(C)(C)C)ccc1OCC(O)CN1C(=O)NC(C)(c2ccccc2)C1=O. The van der Waals surface area contributed by atoms with Gasteiger partial charge < -0.3 is 15.2 Å². The molecule has 0 spiro atoms. The van der Waals surface area contributed by atoms with Gasteiger partial charge in [0, 0.05) is 0 Å². The Morgan fingerprint density at radius 2 is 1.80 bits per heavy atom. The molecule has 3 rings (SSSR count). The van der Waals surface area contributed by atoms with Crippen LogP contribution in [0.4, 0.5) is 4.79 Å². The summed E-state index contributed by atoms with van der Waals surface area (Å²) in [5.74, 6) is 0.289. The average molecular weight is 411 g/mol. The number of hydrogen-bond acceptors (Lipinski definition) is 4. The quantitative estimate of drug-likeness (QED) is 0.715. The molecule has 1 saturated heterocycles. The molecule has 1 heterocycles. The van der Waals surface area contributed by atoms with Crippen LogP contribution in [0.2, 0.25) is 0 Å². The van der Waals surface area contributed by atoms with Gasteiger partial charge in [0.25, 0.3) is 5.91 Å². The molecule has 1 aliphatic rings. The number of nitrogens with one attached hydrogen (secondary N) is 1. The molecule has 0 aliphatic carbocycles. The summed E-state index contributed by atoms with van der Waals surface area (Å²) in [7, 11) is 0. The molecule has 6 nitrogen and oxygen atoms in total. The number of β-amino-alcohol motifs (C(OH)–C–C–N with tert-alkyl or cyclic N) is 1. The van der Waals surface area contributed by atoms with E-state index in [0.717, 1.165) is 10.5 Å². The molecule has 2 aromatic rings. The third-order valence-electron chi connectivity index (χ3n) is 5.49. The monoisotopic (exact) mass is 410 g/mol. The number of amides is 3. The highest BCUT2D eigenvalue weighted by molar-refractivity contribution is 6.07. The smallest absolute Gasteiger partial charge is 0.325 e. The van der Waals surface area contributed by atoms with Crippen molar-refractivity contribution in [2.75, 3.05) is 13.2 Å². The van der Waals surface area contributed by atoms with E-state index in [4.69, 9.17) is 4.74 Å². The van der Waals surface area contributed by atoms with Crippen LogP contribution < -0.4 is 10.1 Å². The van der Waals surface area contributed by atoms with Crippen LogP contribution in [0.3, 0.4) is 0 Å². The first-order valence-electron chi connectivity index (χ1n) is 10.1. The summed E-state index contributed by atoms with van der Waals surface area (Å²) in [5.41, 5.74) is 1.77. The highest BCUT2D eigenvalue weighted by Gasteiger charge is 2.49. The minimum atomic E-state index is -1.14. The van der Waals surface area contributed by atoms with Crippen LogP contribution >= 0.6 is 0 Å². The van der Waals surface area contributed by atoms with Gasteiger partial charge in [0.15, 0.2) is 0 Å². The molecule has 2 aromatic carbocycles. The normalized spacial score (nSPS) is 20.3. The molecular formula is C24H30N2O4. The first kappa shape index (κ1) is 21.8. The summed E-state index contributed by atoms with van der Waals surface area (Å²) in [6.07, 6.45) is -1.00. The third-order valence-corrected chi connectivity index (χ3v) is 5.49. The number of benzene rings is 2. The van der Waals surface area contributed by atoms with E-state index in [9.17, 15) is 14.7 Å². The molecular weight excluding hydrogens is 380 g/mol. The van der Waals surface area contributed by atoms with Crippen molar-refractivity contribution in [2.24, 2.45) is 0 Å². The Kier molecular flexibility index (Phi) is 5.90. The van der Waals surface area contributed by atoms with Gasteiger partial charge in [-0.15, -0.1) is 0 Å². The molecule has 1 fully saturated rings. The number of nitrogens with zero attached hydrogens (tertiary/aromatic N) is 1. The van der Waals surface area contributed by atoms with E-state index in [-0.39, 0.29) is 24.5 Å². The molecule has 6 heteroatoms. The van der Waals surface area contributed by atoms with Crippen molar-refractivity contribution in [2.45, 2.75) is 51.7 Å². The summed E-state index contributed by atoms with van der Waals surface area (Å²) in [6.45, 7) is 9.92. The Morgan fingerprint density at radius 3 is 2.40 bits per heavy atom. The Bertz CT molecular complexity index is 936. The molecule has 30 heavy (non-hydrogen) atoms. The van der Waals surface area contributed by atoms with E-state index in [2.05, 4.69) is 32.2 Å². The summed E-state index contributed by atoms with van der Waals surface area (Å²) in [4.78, 5) is 26.4. The number of rotatable bonds is 6. The van der Waals surface area contributed by atoms with E-state index < -0.39 is 17.7 Å². The standard InChI is InChI=1S/C24H30N2O4/c1-16-13-18(23(2,3)4)11-12-20(16)30-15-19(27)14-26-21(28)24(5,25-22(26)29)17-9-7-6-8-10-17/h6-13,19,27H,14-15H2,1-5H3,(H,25,29). The number of aryl methyl sites for hydroxylation is 1. The predicted molar refractivity (Wildman–Crippen MR) is 115 cm³/mol. The van der Waals surface area contributed by atoms with E-state index in [0.29, 0.717) is 11.3 Å². The number of aliphatic hydroxyl groups is 1. The summed E-state index contributed by atoms with van der Waals surface area (Å²) < 4.78 is 5.76. The van der Waals surface area contributed by atoms with Gasteiger partial charge >= 0.3 is 6.03 Å². The zero-order valence-electron chi connectivity index (χ0n) is 18.2. The minimum Gasteiger partial charge on any atom is -0.491 e. The van der Waals surface area contributed by atoms with Gasteiger partial charge in [-0.25, -0.2) is 4.79 Å². The molecule has 0 saturated carbocycles. The van der Waals surface area contributed by atoms with Gasteiger partial charge in [-0.05, 0) is 42.0 Å². The lowest BCUT2D eigenvalue weighted by molar-refractivity contribution is -0.132. The number of carbonyl (C=O) groups is 2. The van der Waals surface area contributed by atoms with Gasteiger partial charge in [0.2, 0.25) is 0 Å². The number of hydrogen-bond donors (Lipinski definition) is 2. The van der Waals surface area contributed by atoms with Crippen LogP contribution in [0, 0.1) is 6.92 Å². The van der Waals surface area contributed by atoms with Crippen LogP contribution in [-0.4, -0.2) is 41.2 Å². The van der Waals surface area contributed by atoms with Crippen LogP contribution in [0.1, 0.15) is 44.4 Å². The number of ether oxygens (including phenoxy) is 1. The Morgan fingerprint density at radius 1 is 1.13 bits per heavy atom. The van der Waals surface area contributed by atoms with Crippen molar-refractivity contribution < 1.29 is 19.4 Å². The number of urea groups is 1. The molecule has 0 radical (unpaired) electrons. The molecule has 2 atom stereocenters. The summed E-state index contributed by atoms with van der Waals surface area (Å²) in [6, 6.07) is 14.5. The van der Waals surface area contributed by atoms with Crippen molar-refractivity contribution in [1.82, 2.24) is 10.2 Å². The maximum Gasteiger partial charge on any atom is 0.325 e. The fourth-order valence-electron chi connectivity index (χ4n) is 3.56. The van der Waals surface area contributed by atoms with E-state index in [1.165, 1.54) is 5.56 Å². The molecule has 1 aliphatic heterocycles. The van der Waals surface area contributed by atoms with Gasteiger partial charge in [0.1, 0.15) is 24.0 Å². The van der Waals surface area contributed by atoms with Crippen molar-refractivity contribution in [3.63, 3.8) is 0 Å². The summed E-state index contributed by atoms with van der Waals surface area (Å²) >= 11 is 0. The van der Waals surface area contributed by atoms with E-state index >= 15 is 0 Å². The fraction of sp³-hybridized carbons (Fsp3) is 0.417. The van der Waals surface area contributed by atoms with Crippen molar-refractivity contribution in [3.05, 3.63) is 65.2 Å². The molecule has 2 N–H and O–H groups in total. The highest BCUT2D eigenvalue weighted by Crippen LogP contribution is 2.29. The molecule has 0 aromatic heterocycles. The van der Waals surface area contributed by atoms with E-state index in [1.54, 1.807) is 19.1 Å². The van der Waals surface area contributed by atoms with Crippen LogP contribution in [0.15, 0.2) is 48.5 Å². The molecule has 3 amide bonds. The lowest BCUT2D eigenvalue weighted by atomic mass is 9.86. The largest absolute Gasteiger partial charge is 0.491 e. The minimum absolute atomic E-state index is 0.0190. The fourth-order valence-corrected chi connectivity index (χ4v) is 3.56. The third kappa shape index (κ3) is 4.33. The maximum atomic E-state index is 12.9. The second-order valence-electron chi connectivity index (χ2n) is 9.03. The number of imide groups is 1. The lowest BCUT2D eigenvalue weighted by Crippen LogP contribution is -2.42. The van der Waals surface area contributed by atoms with Gasteiger partial charge in [-0.1, -0.05) is 63.2 Å². The Hall–Kier alpha value is -2.86. The lowest BCUT2D eigenvalue weighted by Gasteiger charge is -2.23. The Labute approximate surface area is 177 Å². The van der Waals surface area contributed by atoms with Gasteiger partial charge in [-0.3, -0.25) is 9.69 Å². The van der Waals surface area contributed by atoms with Crippen molar-refractivity contribution in [3.8, 4) is 5.75 Å². The first-order chi connectivity index (χ1) is 14.0. The molecule has 2 unspecified atom stereocenters. The first-order valence-corrected chi connectivity index (χ1v) is 10.1. The molecule has 0 bridgehead atoms. The molecule has 160 valence electrons. The van der Waals surface area contributed by atoms with Crippen molar-refractivity contribution >= 4 is 11.9 Å². The predicted octanol–water partition coefficient (Wildman–Crippen LogP) is 3.50. The zero-order valence-corrected chi connectivity index (χ0v) is 18.2. The second kappa shape index (κ2) is 8.11. The second-order valence-corrected chi connectivity index (χ2v) is 9.03. The van der Waals surface area contributed by atoms with Crippen LogP contribution in [0.25, 0.3) is 0 Å². The van der Waals surface area contributed by atoms with Gasteiger partial charge in [-0.2, -0.15) is 0 Å². The number of carbonyl (C=O) groups excluding carboxylic acids is 2. The van der Waals surface area contributed by atoms with Gasteiger partial charge in [0.05, 0.1) is 6.54 Å². The maximum absolute atomic E-state index is 12.9. The average Bonchev–Trinajstić information content (AvgIpc) is 2.91.